The first-order chi connectivity index (χ1) is 16.8. The maximum atomic E-state index is 13.3. The molecular formula is C28H25Cl2NO3S. The fourth-order valence-corrected chi connectivity index (χ4v) is 5.29. The van der Waals surface area contributed by atoms with Crippen LogP contribution < -0.4 is 9.46 Å². The summed E-state index contributed by atoms with van der Waals surface area (Å²) in [4.78, 5) is 0.197. The average Bonchev–Trinajstić information content (AvgIpc) is 2.86. The molecule has 4 aromatic rings. The minimum atomic E-state index is -3.81. The van der Waals surface area contributed by atoms with Crippen LogP contribution in [0.1, 0.15) is 12.5 Å². The number of benzene rings is 4. The first-order valence-corrected chi connectivity index (χ1v) is 13.4. The monoisotopic (exact) mass is 525 g/mol. The van der Waals surface area contributed by atoms with Gasteiger partial charge in [-0.05, 0) is 72.1 Å². The molecule has 0 aromatic heterocycles. The van der Waals surface area contributed by atoms with Crippen molar-refractivity contribution in [3.8, 4) is 16.9 Å². The average molecular weight is 526 g/mol. The van der Waals surface area contributed by atoms with E-state index in [1.54, 1.807) is 61.5 Å². The normalized spacial score (nSPS) is 13.2. The van der Waals surface area contributed by atoms with Gasteiger partial charge in [-0.2, -0.15) is 0 Å². The molecule has 35 heavy (non-hydrogen) atoms. The number of ether oxygens (including phenoxy) is 1. The summed E-state index contributed by atoms with van der Waals surface area (Å²) in [6.45, 7) is 1.80. The quantitative estimate of drug-likeness (QED) is 0.255. The number of hydrogen-bond donors (Lipinski definition) is 1. The number of hydrogen-bond acceptors (Lipinski definition) is 3. The number of sulfonamides is 1. The Labute approximate surface area is 216 Å². The molecule has 1 N–H and O–H groups in total. The molecule has 0 bridgehead atoms. The second kappa shape index (κ2) is 11.3. The van der Waals surface area contributed by atoms with E-state index in [9.17, 15) is 8.42 Å². The van der Waals surface area contributed by atoms with Crippen LogP contribution in [0.2, 0.25) is 10.0 Å². The fraction of sp³-hybridized carbons (Fsp3) is 0.143. The zero-order chi connectivity index (χ0) is 24.8. The Hall–Kier alpha value is -2.83. The lowest BCUT2D eigenvalue weighted by molar-refractivity contribution is 0.170. The third kappa shape index (κ3) is 6.86. The highest BCUT2D eigenvalue weighted by Gasteiger charge is 2.26. The first-order valence-electron chi connectivity index (χ1n) is 11.1. The van der Waals surface area contributed by atoms with Gasteiger partial charge in [0.25, 0.3) is 0 Å². The summed E-state index contributed by atoms with van der Waals surface area (Å²) >= 11 is 12.0. The lowest BCUT2D eigenvalue weighted by atomic mass is 10.0. The van der Waals surface area contributed by atoms with E-state index in [0.29, 0.717) is 22.2 Å². The first kappa shape index (κ1) is 25.3. The Morgan fingerprint density at radius 3 is 2.03 bits per heavy atom. The van der Waals surface area contributed by atoms with Crippen molar-refractivity contribution in [1.82, 2.24) is 4.72 Å². The molecule has 2 atom stereocenters. The van der Waals surface area contributed by atoms with E-state index >= 15 is 0 Å². The summed E-state index contributed by atoms with van der Waals surface area (Å²) in [5.41, 5.74) is 2.76. The van der Waals surface area contributed by atoms with Gasteiger partial charge in [0.05, 0.1) is 10.9 Å². The summed E-state index contributed by atoms with van der Waals surface area (Å²) in [5, 5.41) is 1.23. The summed E-state index contributed by atoms with van der Waals surface area (Å²) in [6.07, 6.45) is -0.00231. The third-order valence-corrected chi connectivity index (χ3v) is 7.66. The van der Waals surface area contributed by atoms with Crippen molar-refractivity contribution >= 4 is 33.2 Å². The molecule has 0 aliphatic heterocycles. The topological polar surface area (TPSA) is 55.4 Å². The van der Waals surface area contributed by atoms with Crippen LogP contribution in [-0.2, 0) is 16.4 Å². The van der Waals surface area contributed by atoms with Crippen molar-refractivity contribution in [2.24, 2.45) is 0 Å². The van der Waals surface area contributed by atoms with Gasteiger partial charge >= 0.3 is 0 Å². The van der Waals surface area contributed by atoms with Crippen LogP contribution in [0, 0.1) is 0 Å². The zero-order valence-electron chi connectivity index (χ0n) is 19.1. The maximum Gasteiger partial charge on any atom is 0.240 e. The van der Waals surface area contributed by atoms with Crippen molar-refractivity contribution in [3.63, 3.8) is 0 Å². The molecule has 0 saturated heterocycles. The molecule has 4 rings (SSSR count). The fourth-order valence-electron chi connectivity index (χ4n) is 3.72. The van der Waals surface area contributed by atoms with Gasteiger partial charge in [0.2, 0.25) is 10.0 Å². The van der Waals surface area contributed by atoms with Crippen molar-refractivity contribution < 1.29 is 13.2 Å². The Morgan fingerprint density at radius 1 is 0.771 bits per heavy atom. The van der Waals surface area contributed by atoms with E-state index in [1.807, 2.05) is 48.5 Å². The van der Waals surface area contributed by atoms with Gasteiger partial charge in [-0.3, -0.25) is 0 Å². The SMILES string of the molecule is CC(NS(=O)(=O)c1cccc(-c2ccccc2)c1)C(Cc1ccc(Cl)cc1)Oc1ccc(Cl)cc1. The van der Waals surface area contributed by atoms with Crippen LogP contribution in [0.15, 0.2) is 108 Å². The standard InChI is InChI=1S/C28H25Cl2NO3S/c1-20(31-35(32,33)27-9-5-8-23(19-27)22-6-3-2-4-7-22)28(18-21-10-12-24(29)13-11-21)34-26-16-14-25(30)15-17-26/h2-17,19-20,28,31H,18H2,1H3. The van der Waals surface area contributed by atoms with Crippen LogP contribution in [-0.4, -0.2) is 20.6 Å². The van der Waals surface area contributed by atoms with E-state index in [0.717, 1.165) is 16.7 Å². The van der Waals surface area contributed by atoms with Crippen LogP contribution in [0.4, 0.5) is 0 Å². The van der Waals surface area contributed by atoms with Crippen LogP contribution >= 0.6 is 23.2 Å². The molecule has 0 fully saturated rings. The highest BCUT2D eigenvalue weighted by molar-refractivity contribution is 7.89. The predicted molar refractivity (Wildman–Crippen MR) is 143 cm³/mol. The Balaban J connectivity index is 1.57. The molecular weight excluding hydrogens is 501 g/mol. The molecule has 0 saturated carbocycles. The van der Waals surface area contributed by atoms with Gasteiger partial charge in [0, 0.05) is 16.5 Å². The summed E-state index contributed by atoms with van der Waals surface area (Å²) in [5.74, 6) is 0.602. The van der Waals surface area contributed by atoms with Gasteiger partial charge in [-0.1, -0.05) is 77.8 Å². The lowest BCUT2D eigenvalue weighted by Crippen LogP contribution is -2.45. The molecule has 4 aromatic carbocycles. The highest BCUT2D eigenvalue weighted by Crippen LogP contribution is 2.24. The van der Waals surface area contributed by atoms with Crippen molar-refractivity contribution in [3.05, 3.63) is 119 Å². The van der Waals surface area contributed by atoms with Gasteiger partial charge in [0.15, 0.2) is 0 Å². The van der Waals surface area contributed by atoms with Gasteiger partial charge < -0.3 is 4.74 Å². The Morgan fingerprint density at radius 2 is 1.37 bits per heavy atom. The molecule has 0 heterocycles. The maximum absolute atomic E-state index is 13.3. The summed E-state index contributed by atoms with van der Waals surface area (Å²) in [7, 11) is -3.81. The number of nitrogens with one attached hydrogen (secondary N) is 1. The molecule has 0 radical (unpaired) electrons. The van der Waals surface area contributed by atoms with Crippen LogP contribution in [0.5, 0.6) is 5.75 Å². The molecule has 0 amide bonds. The van der Waals surface area contributed by atoms with E-state index in [-0.39, 0.29) is 4.90 Å². The molecule has 4 nitrogen and oxygen atoms in total. The minimum absolute atomic E-state index is 0.197. The molecule has 2 unspecified atom stereocenters. The van der Waals surface area contributed by atoms with E-state index in [4.69, 9.17) is 27.9 Å². The third-order valence-electron chi connectivity index (χ3n) is 5.60. The summed E-state index contributed by atoms with van der Waals surface area (Å²) < 4.78 is 35.7. The molecule has 0 aliphatic carbocycles. The smallest absolute Gasteiger partial charge is 0.240 e. The molecule has 0 aliphatic rings. The van der Waals surface area contributed by atoms with Crippen molar-refractivity contribution in [1.29, 1.82) is 0 Å². The largest absolute Gasteiger partial charge is 0.488 e. The summed E-state index contributed by atoms with van der Waals surface area (Å²) in [6, 6.07) is 30.5. The zero-order valence-corrected chi connectivity index (χ0v) is 21.4. The second-order valence-corrected chi connectivity index (χ2v) is 10.8. The lowest BCUT2D eigenvalue weighted by Gasteiger charge is -2.26. The molecule has 0 spiro atoms. The highest BCUT2D eigenvalue weighted by atomic mass is 35.5. The van der Waals surface area contributed by atoms with Gasteiger partial charge in [-0.25, -0.2) is 13.1 Å². The van der Waals surface area contributed by atoms with Crippen LogP contribution in [0.3, 0.4) is 0 Å². The van der Waals surface area contributed by atoms with Gasteiger partial charge in [0.1, 0.15) is 11.9 Å². The Kier molecular flexibility index (Phi) is 8.14. The van der Waals surface area contributed by atoms with Crippen LogP contribution in [0.25, 0.3) is 11.1 Å². The van der Waals surface area contributed by atoms with E-state index < -0.39 is 22.2 Å². The minimum Gasteiger partial charge on any atom is -0.488 e. The molecule has 7 heteroatoms. The predicted octanol–water partition coefficient (Wildman–Crippen LogP) is 7.02. The van der Waals surface area contributed by atoms with E-state index in [1.165, 1.54) is 0 Å². The van der Waals surface area contributed by atoms with Crippen molar-refractivity contribution in [2.75, 3.05) is 0 Å². The number of halogens is 2. The van der Waals surface area contributed by atoms with Crippen molar-refractivity contribution in [2.45, 2.75) is 30.4 Å². The molecule has 180 valence electrons. The van der Waals surface area contributed by atoms with Gasteiger partial charge in [-0.15, -0.1) is 0 Å². The number of rotatable bonds is 9. The second-order valence-electron chi connectivity index (χ2n) is 8.24. The Bertz CT molecular complexity index is 1310. The van der Waals surface area contributed by atoms with E-state index in [2.05, 4.69) is 4.72 Å².